The number of hydrogen-bond acceptors (Lipinski definition) is 3. The van der Waals surface area contributed by atoms with Crippen LogP contribution in [0.2, 0.25) is 5.02 Å². The minimum absolute atomic E-state index is 0.259. The highest BCUT2D eigenvalue weighted by atomic mass is 35.5. The van der Waals surface area contributed by atoms with Gasteiger partial charge in [-0.2, -0.15) is 4.31 Å². The Morgan fingerprint density at radius 3 is 2.42 bits per heavy atom. The molecule has 2 aromatic rings. The number of para-hydroxylation sites is 1. The summed E-state index contributed by atoms with van der Waals surface area (Å²) in [4.78, 5) is 0.988. The molecule has 5 nitrogen and oxygen atoms in total. The third-order valence-corrected chi connectivity index (χ3v) is 6.68. The highest BCUT2D eigenvalue weighted by molar-refractivity contribution is 7.89. The number of halogens is 2. The van der Waals surface area contributed by atoms with Crippen LogP contribution in [-0.4, -0.2) is 52.1 Å². The van der Waals surface area contributed by atoms with Gasteiger partial charge in [0.1, 0.15) is 29.6 Å². The lowest BCUT2D eigenvalue weighted by Crippen LogP contribution is -3.15. The normalized spacial score (nSPS) is 16.5. The molecule has 0 spiro atoms. The Morgan fingerprint density at radius 1 is 1.08 bits per heavy atom. The topological polar surface area (TPSA) is 51.0 Å². The molecule has 0 saturated carbocycles. The van der Waals surface area contributed by atoms with Gasteiger partial charge in [0.15, 0.2) is 0 Å². The molecule has 0 unspecified atom stereocenters. The Morgan fingerprint density at radius 2 is 1.73 bits per heavy atom. The molecule has 1 fully saturated rings. The number of sulfonamides is 1. The predicted octanol–water partition coefficient (Wildman–Crippen LogP) is 1.45. The highest BCUT2D eigenvalue weighted by Gasteiger charge is 2.31. The van der Waals surface area contributed by atoms with Gasteiger partial charge in [-0.05, 0) is 24.3 Å². The van der Waals surface area contributed by atoms with E-state index in [-0.39, 0.29) is 4.90 Å². The molecule has 8 heteroatoms. The monoisotopic (exact) mass is 399 g/mol. The van der Waals surface area contributed by atoms with Crippen LogP contribution in [0.4, 0.5) is 4.39 Å². The van der Waals surface area contributed by atoms with Crippen LogP contribution in [0.1, 0.15) is 0 Å². The summed E-state index contributed by atoms with van der Waals surface area (Å²) >= 11 is 6.05. The Kier molecular flexibility index (Phi) is 6.13. The molecule has 0 amide bonds. The van der Waals surface area contributed by atoms with Gasteiger partial charge in [0, 0.05) is 0 Å². The average molecular weight is 400 g/mol. The molecule has 1 aliphatic heterocycles. The Labute approximate surface area is 158 Å². The molecule has 0 aliphatic carbocycles. The van der Waals surface area contributed by atoms with Crippen LogP contribution in [-0.2, 0) is 10.0 Å². The van der Waals surface area contributed by atoms with E-state index in [0.29, 0.717) is 43.6 Å². The summed E-state index contributed by atoms with van der Waals surface area (Å²) in [6.07, 6.45) is 0. The number of nitrogens with zero attached hydrogens (tertiary/aromatic N) is 1. The van der Waals surface area contributed by atoms with E-state index < -0.39 is 15.8 Å². The third kappa shape index (κ3) is 4.35. The number of hydrogen-bond donors (Lipinski definition) is 1. The SMILES string of the molecule is O=S(=O)(c1ccccc1F)N1CC[NH+](CCOc2ccccc2Cl)CC1. The van der Waals surface area contributed by atoms with Crippen molar-refractivity contribution in [3.05, 3.63) is 59.4 Å². The van der Waals surface area contributed by atoms with E-state index in [9.17, 15) is 12.8 Å². The summed E-state index contributed by atoms with van der Waals surface area (Å²) < 4.78 is 46.1. The number of quaternary nitrogens is 1. The van der Waals surface area contributed by atoms with E-state index in [2.05, 4.69) is 0 Å². The summed E-state index contributed by atoms with van der Waals surface area (Å²) in [7, 11) is -3.79. The Bertz CT molecular complexity index is 855. The van der Waals surface area contributed by atoms with Crippen molar-refractivity contribution >= 4 is 21.6 Å². The van der Waals surface area contributed by atoms with Crippen LogP contribution >= 0.6 is 11.6 Å². The lowest BCUT2D eigenvalue weighted by atomic mass is 10.3. The van der Waals surface area contributed by atoms with Crippen molar-refractivity contribution in [3.63, 3.8) is 0 Å². The fourth-order valence-electron chi connectivity index (χ4n) is 2.95. The van der Waals surface area contributed by atoms with E-state index in [0.717, 1.165) is 6.54 Å². The van der Waals surface area contributed by atoms with Crippen molar-refractivity contribution in [2.24, 2.45) is 0 Å². The van der Waals surface area contributed by atoms with E-state index >= 15 is 0 Å². The zero-order valence-corrected chi connectivity index (χ0v) is 15.8. The lowest BCUT2D eigenvalue weighted by Gasteiger charge is -2.31. The van der Waals surface area contributed by atoms with Gasteiger partial charge in [0.25, 0.3) is 0 Å². The molecular formula is C18H21ClFN2O3S+. The number of benzene rings is 2. The second kappa shape index (κ2) is 8.35. The second-order valence-electron chi connectivity index (χ2n) is 6.11. The third-order valence-electron chi connectivity index (χ3n) is 4.43. The average Bonchev–Trinajstić information content (AvgIpc) is 2.64. The van der Waals surface area contributed by atoms with E-state index in [1.165, 1.54) is 33.5 Å². The summed E-state index contributed by atoms with van der Waals surface area (Å²) in [5, 5.41) is 0.573. The molecular weight excluding hydrogens is 379 g/mol. The maximum atomic E-state index is 13.8. The number of nitrogens with one attached hydrogen (secondary N) is 1. The van der Waals surface area contributed by atoms with Gasteiger partial charge in [-0.3, -0.25) is 0 Å². The van der Waals surface area contributed by atoms with Crippen LogP contribution in [0.5, 0.6) is 5.75 Å². The molecule has 0 aromatic heterocycles. The van der Waals surface area contributed by atoms with Crippen LogP contribution < -0.4 is 9.64 Å². The molecule has 1 saturated heterocycles. The highest BCUT2D eigenvalue weighted by Crippen LogP contribution is 2.22. The molecule has 1 N–H and O–H groups in total. The molecule has 26 heavy (non-hydrogen) atoms. The largest absolute Gasteiger partial charge is 0.486 e. The fourth-order valence-corrected chi connectivity index (χ4v) is 4.65. The zero-order chi connectivity index (χ0) is 18.6. The van der Waals surface area contributed by atoms with Gasteiger partial charge >= 0.3 is 0 Å². The molecule has 1 heterocycles. The molecule has 140 valence electrons. The smallest absolute Gasteiger partial charge is 0.246 e. The van der Waals surface area contributed by atoms with E-state index in [1.807, 2.05) is 18.2 Å². The maximum Gasteiger partial charge on any atom is 0.246 e. The van der Waals surface area contributed by atoms with Crippen molar-refractivity contribution in [2.45, 2.75) is 4.90 Å². The molecule has 3 rings (SSSR count). The Balaban J connectivity index is 1.51. The van der Waals surface area contributed by atoms with Gasteiger partial charge in [-0.1, -0.05) is 35.9 Å². The van der Waals surface area contributed by atoms with E-state index in [1.54, 1.807) is 6.07 Å². The van der Waals surface area contributed by atoms with E-state index in [4.69, 9.17) is 16.3 Å². The standard InChI is InChI=1S/C18H20ClFN2O3S/c19-15-5-1-3-7-17(15)25-14-13-21-9-11-22(12-10-21)26(23,24)18-8-4-2-6-16(18)20/h1-8H,9-14H2/p+1. The molecule has 2 aromatic carbocycles. The van der Waals surface area contributed by atoms with Crippen LogP contribution in [0.15, 0.2) is 53.4 Å². The molecule has 0 radical (unpaired) electrons. The number of piperazine rings is 1. The van der Waals surface area contributed by atoms with Crippen LogP contribution in [0.25, 0.3) is 0 Å². The van der Waals surface area contributed by atoms with Gasteiger partial charge < -0.3 is 9.64 Å². The summed E-state index contributed by atoms with van der Waals surface area (Å²) in [6.45, 7) is 3.27. The minimum Gasteiger partial charge on any atom is -0.486 e. The predicted molar refractivity (Wildman–Crippen MR) is 97.7 cm³/mol. The van der Waals surface area contributed by atoms with Crippen molar-refractivity contribution < 1.29 is 22.4 Å². The maximum absolute atomic E-state index is 13.8. The van der Waals surface area contributed by atoms with Crippen molar-refractivity contribution in [2.75, 3.05) is 39.3 Å². The number of rotatable bonds is 6. The van der Waals surface area contributed by atoms with Crippen molar-refractivity contribution in [1.29, 1.82) is 0 Å². The molecule has 0 atom stereocenters. The van der Waals surface area contributed by atoms with Gasteiger partial charge in [0.05, 0.1) is 31.2 Å². The second-order valence-corrected chi connectivity index (χ2v) is 8.43. The Hall–Kier alpha value is -1.67. The summed E-state index contributed by atoms with van der Waals surface area (Å²) in [6, 6.07) is 12.8. The first-order valence-corrected chi connectivity index (χ1v) is 10.3. The van der Waals surface area contributed by atoms with Gasteiger partial charge in [-0.15, -0.1) is 0 Å². The first kappa shape index (κ1) is 19.1. The van der Waals surface area contributed by atoms with Crippen molar-refractivity contribution in [1.82, 2.24) is 4.31 Å². The van der Waals surface area contributed by atoms with Gasteiger partial charge in [0.2, 0.25) is 10.0 Å². The van der Waals surface area contributed by atoms with Crippen LogP contribution in [0, 0.1) is 5.82 Å². The number of ether oxygens (including phenoxy) is 1. The first-order valence-electron chi connectivity index (χ1n) is 8.44. The minimum atomic E-state index is -3.79. The van der Waals surface area contributed by atoms with Crippen LogP contribution in [0.3, 0.4) is 0 Å². The lowest BCUT2D eigenvalue weighted by molar-refractivity contribution is -0.903. The van der Waals surface area contributed by atoms with Gasteiger partial charge in [-0.25, -0.2) is 12.8 Å². The molecule has 0 bridgehead atoms. The first-order chi connectivity index (χ1) is 12.5. The molecule has 1 aliphatic rings. The quantitative estimate of drug-likeness (QED) is 0.799. The summed E-state index contributed by atoms with van der Waals surface area (Å²) in [5.74, 6) is -0.0650. The van der Waals surface area contributed by atoms with Crippen molar-refractivity contribution in [3.8, 4) is 5.75 Å². The zero-order valence-electron chi connectivity index (χ0n) is 14.2. The fraction of sp³-hybridized carbons (Fsp3) is 0.333. The summed E-state index contributed by atoms with van der Waals surface area (Å²) in [5.41, 5.74) is 0.